The normalized spacial score (nSPS) is 11.6. The molecule has 1 unspecified atom stereocenters. The van der Waals surface area contributed by atoms with Gasteiger partial charge in [-0.2, -0.15) is 5.26 Å². The van der Waals surface area contributed by atoms with Gasteiger partial charge in [-0.05, 0) is 25.1 Å². The SMILES string of the molecule is CCOCCC(C(=O)O)n1cc(OC)c(-c2cc(Cl)ccc2C#N)cc1=O. The number of rotatable bonds is 8. The van der Waals surface area contributed by atoms with Gasteiger partial charge in [0, 0.05) is 41.9 Å². The third kappa shape index (κ3) is 4.67. The van der Waals surface area contributed by atoms with Crippen molar-refractivity contribution in [2.45, 2.75) is 19.4 Å². The number of nitriles is 1. The number of aromatic nitrogens is 1. The molecule has 0 amide bonds. The molecule has 0 spiro atoms. The number of hydrogen-bond acceptors (Lipinski definition) is 5. The molecule has 2 aromatic rings. The van der Waals surface area contributed by atoms with E-state index in [0.717, 1.165) is 4.57 Å². The zero-order valence-corrected chi connectivity index (χ0v) is 15.7. The van der Waals surface area contributed by atoms with Crippen molar-refractivity contribution < 1.29 is 19.4 Å². The van der Waals surface area contributed by atoms with Gasteiger partial charge in [0.05, 0.1) is 24.9 Å². The summed E-state index contributed by atoms with van der Waals surface area (Å²) >= 11 is 6.03. The van der Waals surface area contributed by atoms with Gasteiger partial charge in [-0.3, -0.25) is 9.36 Å². The van der Waals surface area contributed by atoms with E-state index in [1.165, 1.54) is 19.4 Å². The molecule has 2 rings (SSSR count). The van der Waals surface area contributed by atoms with Gasteiger partial charge in [0.25, 0.3) is 5.56 Å². The van der Waals surface area contributed by atoms with Gasteiger partial charge in [0.15, 0.2) is 0 Å². The molecule has 1 heterocycles. The summed E-state index contributed by atoms with van der Waals surface area (Å²) in [6, 6.07) is 6.89. The number of nitrogens with zero attached hydrogens (tertiary/aromatic N) is 2. The first-order chi connectivity index (χ1) is 12.9. The first-order valence-corrected chi connectivity index (χ1v) is 8.61. The van der Waals surface area contributed by atoms with Crippen molar-refractivity contribution in [3.63, 3.8) is 0 Å². The predicted molar refractivity (Wildman–Crippen MR) is 100 cm³/mol. The van der Waals surface area contributed by atoms with Gasteiger partial charge in [-0.15, -0.1) is 0 Å². The van der Waals surface area contributed by atoms with Crippen LogP contribution in [-0.4, -0.2) is 36.0 Å². The van der Waals surface area contributed by atoms with Gasteiger partial charge < -0.3 is 14.6 Å². The van der Waals surface area contributed by atoms with Crippen molar-refractivity contribution in [1.29, 1.82) is 5.26 Å². The molecule has 0 saturated carbocycles. The van der Waals surface area contributed by atoms with Crippen molar-refractivity contribution in [2.75, 3.05) is 20.3 Å². The molecule has 27 heavy (non-hydrogen) atoms. The fraction of sp³-hybridized carbons (Fsp3) is 0.316. The van der Waals surface area contributed by atoms with E-state index in [0.29, 0.717) is 28.3 Å². The molecule has 1 aromatic carbocycles. The molecule has 0 aliphatic rings. The second kappa shape index (κ2) is 9.21. The number of carbonyl (C=O) groups is 1. The van der Waals surface area contributed by atoms with Crippen molar-refractivity contribution in [3.05, 3.63) is 51.4 Å². The van der Waals surface area contributed by atoms with Crippen LogP contribution in [0, 0.1) is 11.3 Å². The zero-order valence-electron chi connectivity index (χ0n) is 14.9. The number of carboxylic acids is 1. The third-order valence-electron chi connectivity index (χ3n) is 4.02. The van der Waals surface area contributed by atoms with Gasteiger partial charge in [-0.25, -0.2) is 4.79 Å². The number of methoxy groups -OCH3 is 1. The maximum absolute atomic E-state index is 12.6. The van der Waals surface area contributed by atoms with Crippen LogP contribution >= 0.6 is 11.6 Å². The highest BCUT2D eigenvalue weighted by atomic mass is 35.5. The lowest BCUT2D eigenvalue weighted by Crippen LogP contribution is -2.30. The summed E-state index contributed by atoms with van der Waals surface area (Å²) in [6.07, 6.45) is 1.47. The minimum Gasteiger partial charge on any atom is -0.495 e. The number of hydrogen-bond donors (Lipinski definition) is 1. The maximum Gasteiger partial charge on any atom is 0.326 e. The van der Waals surface area contributed by atoms with Crippen LogP contribution in [0.2, 0.25) is 5.02 Å². The van der Waals surface area contributed by atoms with E-state index in [4.69, 9.17) is 21.1 Å². The molecule has 1 N–H and O–H groups in total. The maximum atomic E-state index is 12.6. The summed E-state index contributed by atoms with van der Waals surface area (Å²) in [4.78, 5) is 24.3. The summed E-state index contributed by atoms with van der Waals surface area (Å²) in [5.74, 6) is -0.886. The van der Waals surface area contributed by atoms with E-state index >= 15 is 0 Å². The quantitative estimate of drug-likeness (QED) is 0.695. The molecule has 1 aromatic heterocycles. The number of pyridine rings is 1. The van der Waals surface area contributed by atoms with Crippen LogP contribution < -0.4 is 10.3 Å². The number of halogens is 1. The second-order valence-electron chi connectivity index (χ2n) is 5.64. The lowest BCUT2D eigenvalue weighted by atomic mass is 10.0. The highest BCUT2D eigenvalue weighted by Crippen LogP contribution is 2.33. The molecule has 8 heteroatoms. The van der Waals surface area contributed by atoms with Crippen LogP contribution in [0.15, 0.2) is 35.3 Å². The average Bonchev–Trinajstić information content (AvgIpc) is 2.65. The smallest absolute Gasteiger partial charge is 0.326 e. The van der Waals surface area contributed by atoms with Crippen LogP contribution in [0.4, 0.5) is 0 Å². The Kier molecular flexibility index (Phi) is 6.99. The summed E-state index contributed by atoms with van der Waals surface area (Å²) in [7, 11) is 1.40. The van der Waals surface area contributed by atoms with E-state index in [1.807, 2.05) is 6.07 Å². The van der Waals surface area contributed by atoms with E-state index in [9.17, 15) is 20.0 Å². The third-order valence-corrected chi connectivity index (χ3v) is 4.25. The molecule has 0 fully saturated rings. The minimum atomic E-state index is -1.15. The predicted octanol–water partition coefficient (Wildman–Crippen LogP) is 3.10. The Labute approximate surface area is 161 Å². The van der Waals surface area contributed by atoms with E-state index < -0.39 is 17.6 Å². The lowest BCUT2D eigenvalue weighted by molar-refractivity contribution is -0.141. The van der Waals surface area contributed by atoms with Crippen molar-refractivity contribution in [2.24, 2.45) is 0 Å². The van der Waals surface area contributed by atoms with Gasteiger partial charge >= 0.3 is 5.97 Å². The van der Waals surface area contributed by atoms with Gasteiger partial charge in [0.1, 0.15) is 11.8 Å². The highest BCUT2D eigenvalue weighted by molar-refractivity contribution is 6.31. The fourth-order valence-electron chi connectivity index (χ4n) is 2.70. The molecule has 142 valence electrons. The molecule has 0 bridgehead atoms. The highest BCUT2D eigenvalue weighted by Gasteiger charge is 2.23. The number of ether oxygens (including phenoxy) is 2. The Morgan fingerprint density at radius 1 is 1.37 bits per heavy atom. The van der Waals surface area contributed by atoms with E-state index in [-0.39, 0.29) is 18.8 Å². The molecular formula is C19H19ClN2O5. The van der Waals surface area contributed by atoms with Crippen LogP contribution in [0.5, 0.6) is 5.75 Å². The van der Waals surface area contributed by atoms with Crippen molar-refractivity contribution in [1.82, 2.24) is 4.57 Å². The molecular weight excluding hydrogens is 372 g/mol. The number of carboxylic acid groups (broad SMARTS) is 1. The molecule has 0 radical (unpaired) electrons. The molecule has 1 atom stereocenters. The molecule has 0 aliphatic carbocycles. The first kappa shape index (κ1) is 20.5. The number of benzene rings is 1. The van der Waals surface area contributed by atoms with E-state index in [1.54, 1.807) is 25.1 Å². The Morgan fingerprint density at radius 2 is 2.11 bits per heavy atom. The lowest BCUT2D eigenvalue weighted by Gasteiger charge is -2.18. The Hall–Kier alpha value is -2.82. The largest absolute Gasteiger partial charge is 0.495 e. The Morgan fingerprint density at radius 3 is 2.70 bits per heavy atom. The molecule has 0 aliphatic heterocycles. The number of aliphatic carboxylic acids is 1. The molecule has 0 saturated heterocycles. The van der Waals surface area contributed by atoms with Crippen LogP contribution in [0.1, 0.15) is 24.9 Å². The fourth-order valence-corrected chi connectivity index (χ4v) is 2.88. The van der Waals surface area contributed by atoms with Crippen molar-refractivity contribution in [3.8, 4) is 22.9 Å². The van der Waals surface area contributed by atoms with Gasteiger partial charge in [-0.1, -0.05) is 11.6 Å². The topological polar surface area (TPSA) is 102 Å². The van der Waals surface area contributed by atoms with Crippen LogP contribution in [0.25, 0.3) is 11.1 Å². The standard InChI is InChI=1S/C19H19ClN2O5/c1-3-27-7-6-16(19(24)25)22-11-17(26-2)15(9-18(22)23)14-8-13(20)5-4-12(14)10-21/h4-5,8-9,11,16H,3,6-7H2,1-2H3,(H,24,25). The first-order valence-electron chi connectivity index (χ1n) is 8.23. The second-order valence-corrected chi connectivity index (χ2v) is 6.08. The Balaban J connectivity index is 2.58. The van der Waals surface area contributed by atoms with E-state index in [2.05, 4.69) is 0 Å². The van der Waals surface area contributed by atoms with Crippen LogP contribution in [0.3, 0.4) is 0 Å². The average molecular weight is 391 g/mol. The summed E-state index contributed by atoms with van der Waals surface area (Å²) in [5, 5.41) is 19.2. The summed E-state index contributed by atoms with van der Waals surface area (Å²) < 4.78 is 11.7. The van der Waals surface area contributed by atoms with Crippen molar-refractivity contribution >= 4 is 17.6 Å². The van der Waals surface area contributed by atoms with Crippen LogP contribution in [-0.2, 0) is 9.53 Å². The summed E-state index contributed by atoms with van der Waals surface area (Å²) in [6.45, 7) is 2.46. The summed E-state index contributed by atoms with van der Waals surface area (Å²) in [5.41, 5.74) is 0.596. The Bertz CT molecular complexity index is 933. The monoisotopic (exact) mass is 390 g/mol. The van der Waals surface area contributed by atoms with Gasteiger partial charge in [0.2, 0.25) is 0 Å². The molecule has 7 nitrogen and oxygen atoms in total. The zero-order chi connectivity index (χ0) is 20.0. The minimum absolute atomic E-state index is 0.131.